The molecular weight excluding hydrogens is 244 g/mol. The molecule has 0 aliphatic heterocycles. The van der Waals surface area contributed by atoms with E-state index < -0.39 is 0 Å². The molecule has 2 rings (SSSR count). The number of aryl methyl sites for hydroxylation is 4. The van der Waals surface area contributed by atoms with Gasteiger partial charge in [0.15, 0.2) is 0 Å². The summed E-state index contributed by atoms with van der Waals surface area (Å²) in [6.45, 7) is 7.83. The number of hydrogen-bond acceptors (Lipinski definition) is 2. The second-order valence-corrected chi connectivity index (χ2v) is 5.19. The molecule has 0 aromatic heterocycles. The van der Waals surface area contributed by atoms with Crippen LogP contribution in [0.5, 0.6) is 0 Å². The number of nitriles is 2. The molecule has 0 unspecified atom stereocenters. The number of rotatable bonds is 1. The second-order valence-electron chi connectivity index (χ2n) is 5.19. The predicted octanol–water partition coefficient (Wildman–Crippen LogP) is 4.33. The summed E-state index contributed by atoms with van der Waals surface area (Å²) < 4.78 is 0. The molecule has 0 amide bonds. The van der Waals surface area contributed by atoms with Crippen LogP contribution in [-0.4, -0.2) is 0 Å². The highest BCUT2D eigenvalue weighted by Gasteiger charge is 2.09. The molecule has 2 nitrogen and oxygen atoms in total. The Balaban J connectivity index is 2.65. The minimum atomic E-state index is 0.746. The zero-order valence-electron chi connectivity index (χ0n) is 12.2. The Morgan fingerprint density at radius 1 is 0.600 bits per heavy atom. The van der Waals surface area contributed by atoms with E-state index in [0.717, 1.165) is 44.5 Å². The summed E-state index contributed by atoms with van der Waals surface area (Å²) in [5, 5.41) is 18.3. The van der Waals surface area contributed by atoms with Crippen LogP contribution in [0.3, 0.4) is 0 Å². The van der Waals surface area contributed by atoms with Gasteiger partial charge in [-0.3, -0.25) is 0 Å². The molecule has 0 bridgehead atoms. The zero-order valence-corrected chi connectivity index (χ0v) is 12.2. The summed E-state index contributed by atoms with van der Waals surface area (Å²) in [5.74, 6) is 0. The van der Waals surface area contributed by atoms with Crippen molar-refractivity contribution in [1.82, 2.24) is 0 Å². The number of benzene rings is 2. The second kappa shape index (κ2) is 5.19. The van der Waals surface area contributed by atoms with Gasteiger partial charge in [0.1, 0.15) is 0 Å². The molecule has 98 valence electrons. The average molecular weight is 260 g/mol. The van der Waals surface area contributed by atoms with E-state index in [1.54, 1.807) is 0 Å². The van der Waals surface area contributed by atoms with Crippen molar-refractivity contribution in [1.29, 1.82) is 10.5 Å². The molecular formula is C18H16N2. The maximum Gasteiger partial charge on any atom is 0.0997 e. The molecule has 0 spiro atoms. The fraction of sp³-hybridized carbons (Fsp3) is 0.222. The molecule has 2 heteroatoms. The Kier molecular flexibility index (Phi) is 3.59. The average Bonchev–Trinajstić information content (AvgIpc) is 2.37. The Labute approximate surface area is 119 Å². The highest BCUT2D eigenvalue weighted by Crippen LogP contribution is 2.28. The monoisotopic (exact) mass is 260 g/mol. The summed E-state index contributed by atoms with van der Waals surface area (Å²) in [6, 6.07) is 12.6. The van der Waals surface area contributed by atoms with E-state index >= 15 is 0 Å². The quantitative estimate of drug-likeness (QED) is 0.766. The summed E-state index contributed by atoms with van der Waals surface area (Å²) in [4.78, 5) is 0. The van der Waals surface area contributed by atoms with Gasteiger partial charge < -0.3 is 0 Å². The Bertz CT molecular complexity index is 657. The first kappa shape index (κ1) is 13.8. The van der Waals surface area contributed by atoms with E-state index in [9.17, 15) is 0 Å². The van der Waals surface area contributed by atoms with Crippen molar-refractivity contribution in [2.45, 2.75) is 27.7 Å². The van der Waals surface area contributed by atoms with Crippen molar-refractivity contribution in [2.75, 3.05) is 0 Å². The minimum Gasteiger partial charge on any atom is -0.192 e. The summed E-state index contributed by atoms with van der Waals surface area (Å²) in [7, 11) is 0. The molecule has 0 aliphatic rings. The van der Waals surface area contributed by atoms with Crippen molar-refractivity contribution in [2.24, 2.45) is 0 Å². The zero-order chi connectivity index (χ0) is 14.9. The third kappa shape index (κ3) is 2.29. The molecule has 20 heavy (non-hydrogen) atoms. The van der Waals surface area contributed by atoms with E-state index in [-0.39, 0.29) is 0 Å². The molecule has 0 fully saturated rings. The lowest BCUT2D eigenvalue weighted by molar-refractivity contribution is 1.30. The SMILES string of the molecule is Cc1cc(-c2cc(C)c(C#N)c(C)c2)cc(C)c1C#N. The largest absolute Gasteiger partial charge is 0.192 e. The minimum absolute atomic E-state index is 0.746. The highest BCUT2D eigenvalue weighted by atomic mass is 14.3. The lowest BCUT2D eigenvalue weighted by atomic mass is 9.92. The van der Waals surface area contributed by atoms with Gasteiger partial charge in [-0.25, -0.2) is 0 Å². The molecule has 0 atom stereocenters. The van der Waals surface area contributed by atoms with Crippen molar-refractivity contribution in [3.05, 3.63) is 57.6 Å². The molecule has 0 N–H and O–H groups in total. The van der Waals surface area contributed by atoms with Gasteiger partial charge in [-0.05, 0) is 61.1 Å². The van der Waals surface area contributed by atoms with Crippen LogP contribution in [0.1, 0.15) is 33.4 Å². The van der Waals surface area contributed by atoms with Crippen molar-refractivity contribution < 1.29 is 0 Å². The van der Waals surface area contributed by atoms with Crippen LogP contribution in [-0.2, 0) is 0 Å². The molecule has 2 aromatic rings. The van der Waals surface area contributed by atoms with Crippen LogP contribution >= 0.6 is 0 Å². The first-order chi connectivity index (χ1) is 9.47. The fourth-order valence-electron chi connectivity index (χ4n) is 2.61. The summed E-state index contributed by atoms with van der Waals surface area (Å²) in [6.07, 6.45) is 0. The number of nitrogens with zero attached hydrogens (tertiary/aromatic N) is 2. The molecule has 0 saturated carbocycles. The molecule has 0 saturated heterocycles. The first-order valence-corrected chi connectivity index (χ1v) is 6.51. The third-order valence-corrected chi connectivity index (χ3v) is 3.62. The van der Waals surface area contributed by atoms with Crippen LogP contribution in [0, 0.1) is 50.4 Å². The summed E-state index contributed by atoms with van der Waals surface area (Å²) >= 11 is 0. The van der Waals surface area contributed by atoms with E-state index in [4.69, 9.17) is 10.5 Å². The van der Waals surface area contributed by atoms with Gasteiger partial charge in [0.25, 0.3) is 0 Å². The van der Waals surface area contributed by atoms with E-state index in [1.165, 1.54) is 0 Å². The van der Waals surface area contributed by atoms with Gasteiger partial charge in [0, 0.05) is 0 Å². The normalized spacial score (nSPS) is 9.90. The van der Waals surface area contributed by atoms with Gasteiger partial charge in [0.2, 0.25) is 0 Å². The van der Waals surface area contributed by atoms with Crippen LogP contribution in [0.25, 0.3) is 11.1 Å². The molecule has 0 heterocycles. The first-order valence-electron chi connectivity index (χ1n) is 6.51. The maximum atomic E-state index is 9.13. The number of hydrogen-bond donors (Lipinski definition) is 0. The van der Waals surface area contributed by atoms with Crippen molar-refractivity contribution in [3.8, 4) is 23.3 Å². The molecule has 0 aliphatic carbocycles. The van der Waals surface area contributed by atoms with Gasteiger partial charge >= 0.3 is 0 Å². The van der Waals surface area contributed by atoms with Crippen LogP contribution in [0.2, 0.25) is 0 Å². The van der Waals surface area contributed by atoms with Crippen LogP contribution < -0.4 is 0 Å². The van der Waals surface area contributed by atoms with E-state index in [0.29, 0.717) is 0 Å². The van der Waals surface area contributed by atoms with E-state index in [2.05, 4.69) is 12.1 Å². The van der Waals surface area contributed by atoms with Gasteiger partial charge in [-0.1, -0.05) is 24.3 Å². The van der Waals surface area contributed by atoms with Gasteiger partial charge in [0.05, 0.1) is 23.3 Å². The summed E-state index contributed by atoms with van der Waals surface area (Å²) in [5.41, 5.74) is 7.63. The molecule has 0 radical (unpaired) electrons. The van der Waals surface area contributed by atoms with E-state index in [1.807, 2.05) is 52.0 Å². The third-order valence-electron chi connectivity index (χ3n) is 3.62. The van der Waals surface area contributed by atoms with Crippen molar-refractivity contribution >= 4 is 0 Å². The Hall–Kier alpha value is -2.58. The topological polar surface area (TPSA) is 47.6 Å². The Morgan fingerprint density at radius 3 is 1.05 bits per heavy atom. The smallest absolute Gasteiger partial charge is 0.0997 e. The van der Waals surface area contributed by atoms with Crippen molar-refractivity contribution in [3.63, 3.8) is 0 Å². The van der Waals surface area contributed by atoms with Crippen LogP contribution in [0.15, 0.2) is 24.3 Å². The van der Waals surface area contributed by atoms with Gasteiger partial charge in [-0.2, -0.15) is 10.5 Å². The Morgan fingerprint density at radius 2 is 0.850 bits per heavy atom. The predicted molar refractivity (Wildman–Crippen MR) is 80.3 cm³/mol. The maximum absolute atomic E-state index is 9.13. The van der Waals surface area contributed by atoms with Crippen LogP contribution in [0.4, 0.5) is 0 Å². The lowest BCUT2D eigenvalue weighted by Gasteiger charge is -2.11. The standard InChI is InChI=1S/C18H16N2/c1-11-5-15(6-12(2)17(11)9-19)16-7-13(3)18(10-20)14(4)8-16/h5-8H,1-4H3. The fourth-order valence-corrected chi connectivity index (χ4v) is 2.61. The molecule has 2 aromatic carbocycles. The lowest BCUT2D eigenvalue weighted by Crippen LogP contribution is -1.93. The van der Waals surface area contributed by atoms with Gasteiger partial charge in [-0.15, -0.1) is 0 Å². The highest BCUT2D eigenvalue weighted by molar-refractivity contribution is 5.70.